The summed E-state index contributed by atoms with van der Waals surface area (Å²) >= 11 is 1.16. The summed E-state index contributed by atoms with van der Waals surface area (Å²) in [6.45, 7) is 9.67. The molecule has 0 aliphatic rings. The third-order valence-electron chi connectivity index (χ3n) is 4.84. The van der Waals surface area contributed by atoms with E-state index in [9.17, 15) is 18.3 Å². The molecule has 0 saturated heterocycles. The quantitative estimate of drug-likeness (QED) is 0.513. The van der Waals surface area contributed by atoms with E-state index >= 15 is 0 Å². The molecule has 0 aliphatic carbocycles. The molecule has 7 nitrogen and oxygen atoms in total. The number of carboxylic acids is 1. The van der Waals surface area contributed by atoms with Crippen LogP contribution in [0.25, 0.3) is 16.0 Å². The van der Waals surface area contributed by atoms with Gasteiger partial charge >= 0.3 is 5.97 Å². The minimum Gasteiger partial charge on any atom is -0.477 e. The van der Waals surface area contributed by atoms with Crippen molar-refractivity contribution in [2.75, 3.05) is 6.54 Å². The molecule has 0 fully saturated rings. The number of aromatic carboxylic acids is 1. The Bertz CT molecular complexity index is 1200. The second-order valence-corrected chi connectivity index (χ2v) is 9.57. The van der Waals surface area contributed by atoms with Crippen molar-refractivity contribution >= 4 is 33.0 Å². The lowest BCUT2D eigenvalue weighted by atomic mass is 10.0. The first-order chi connectivity index (χ1) is 14.3. The molecule has 0 amide bonds. The van der Waals surface area contributed by atoms with Crippen molar-refractivity contribution in [2.45, 2.75) is 24.0 Å². The number of benzene rings is 1. The number of thiophene rings is 1. The molecule has 156 valence electrons. The molecule has 0 saturated carbocycles. The molecule has 2 N–H and O–H groups in total. The lowest BCUT2D eigenvalue weighted by Gasteiger charge is -2.08. The van der Waals surface area contributed by atoms with Gasteiger partial charge in [-0.15, -0.1) is 11.3 Å². The standard InChI is InChI=1S/C21H21N3O4S2/c1-4-16-19(22-2)18(20(21(25)26)24(16)3)15-9-7-14(8-10-15)11-12-23-30(27,28)17-6-5-13-29-17/h5-10,13,23H,4,11-12H2,1,3H3,(H,25,26). The van der Waals surface area contributed by atoms with Crippen LogP contribution in [0.4, 0.5) is 5.69 Å². The maximum atomic E-state index is 12.2. The van der Waals surface area contributed by atoms with Gasteiger partial charge in [0.2, 0.25) is 15.7 Å². The van der Waals surface area contributed by atoms with E-state index in [2.05, 4.69) is 9.57 Å². The fourth-order valence-electron chi connectivity index (χ4n) is 3.42. The number of rotatable bonds is 8. The van der Waals surface area contributed by atoms with Crippen LogP contribution in [0.2, 0.25) is 0 Å². The lowest BCUT2D eigenvalue weighted by molar-refractivity contribution is 0.0687. The first kappa shape index (κ1) is 21.8. The zero-order valence-electron chi connectivity index (χ0n) is 16.5. The summed E-state index contributed by atoms with van der Waals surface area (Å²) in [6, 6.07) is 10.5. The number of nitrogens with one attached hydrogen (secondary N) is 1. The van der Waals surface area contributed by atoms with Gasteiger partial charge in [0.15, 0.2) is 0 Å². The van der Waals surface area contributed by atoms with Crippen molar-refractivity contribution in [2.24, 2.45) is 7.05 Å². The zero-order chi connectivity index (χ0) is 21.9. The van der Waals surface area contributed by atoms with Crippen LogP contribution in [0.15, 0.2) is 46.0 Å². The first-order valence-electron chi connectivity index (χ1n) is 9.25. The molecular formula is C21H21N3O4S2. The molecule has 9 heteroatoms. The molecule has 2 aromatic heterocycles. The molecule has 0 radical (unpaired) electrons. The molecular weight excluding hydrogens is 422 g/mol. The van der Waals surface area contributed by atoms with Gasteiger partial charge in [0.25, 0.3) is 0 Å². The van der Waals surface area contributed by atoms with Crippen LogP contribution < -0.4 is 4.72 Å². The van der Waals surface area contributed by atoms with Gasteiger partial charge in [-0.1, -0.05) is 37.3 Å². The van der Waals surface area contributed by atoms with E-state index in [4.69, 9.17) is 6.57 Å². The maximum Gasteiger partial charge on any atom is 0.351 e. The summed E-state index contributed by atoms with van der Waals surface area (Å²) in [5.74, 6) is -1.08. The molecule has 0 unspecified atom stereocenters. The lowest BCUT2D eigenvalue weighted by Crippen LogP contribution is -2.25. The van der Waals surface area contributed by atoms with E-state index < -0.39 is 16.0 Å². The third kappa shape index (κ3) is 4.16. The maximum absolute atomic E-state index is 12.2. The number of hydrogen-bond acceptors (Lipinski definition) is 4. The second kappa shape index (κ2) is 8.83. The molecule has 2 heterocycles. The summed E-state index contributed by atoms with van der Waals surface area (Å²) in [4.78, 5) is 15.4. The Morgan fingerprint density at radius 2 is 1.97 bits per heavy atom. The van der Waals surface area contributed by atoms with Crippen LogP contribution in [-0.2, 0) is 29.9 Å². The summed E-state index contributed by atoms with van der Waals surface area (Å²) in [6.07, 6.45) is 1.04. The summed E-state index contributed by atoms with van der Waals surface area (Å²) in [7, 11) is -1.84. The number of carboxylic acid groups (broad SMARTS) is 1. The predicted octanol–water partition coefficient (Wildman–Crippen LogP) is 4.09. The van der Waals surface area contributed by atoms with E-state index in [0.29, 0.717) is 35.3 Å². The summed E-state index contributed by atoms with van der Waals surface area (Å²) < 4.78 is 28.8. The Morgan fingerprint density at radius 3 is 2.50 bits per heavy atom. The highest BCUT2D eigenvalue weighted by Crippen LogP contribution is 2.39. The van der Waals surface area contributed by atoms with Crippen LogP contribution in [0.3, 0.4) is 0 Å². The molecule has 0 atom stereocenters. The van der Waals surface area contributed by atoms with Crippen molar-refractivity contribution in [1.29, 1.82) is 0 Å². The average Bonchev–Trinajstić information content (AvgIpc) is 3.35. The van der Waals surface area contributed by atoms with Gasteiger partial charge in [-0.3, -0.25) is 0 Å². The van der Waals surface area contributed by atoms with Gasteiger partial charge in [0, 0.05) is 24.8 Å². The minimum absolute atomic E-state index is 0.0920. The van der Waals surface area contributed by atoms with Gasteiger partial charge in [0.1, 0.15) is 9.90 Å². The van der Waals surface area contributed by atoms with Gasteiger partial charge in [0.05, 0.1) is 6.57 Å². The summed E-state index contributed by atoms with van der Waals surface area (Å²) in [5, 5.41) is 11.4. The highest BCUT2D eigenvalue weighted by atomic mass is 32.2. The molecule has 0 bridgehead atoms. The van der Waals surface area contributed by atoms with Gasteiger partial charge < -0.3 is 9.67 Å². The highest BCUT2D eigenvalue weighted by molar-refractivity contribution is 7.91. The van der Waals surface area contributed by atoms with Gasteiger partial charge in [-0.25, -0.2) is 22.8 Å². The number of sulfonamides is 1. The normalized spacial score (nSPS) is 11.4. The van der Waals surface area contributed by atoms with Crippen LogP contribution in [0.1, 0.15) is 28.7 Å². The second-order valence-electron chi connectivity index (χ2n) is 6.63. The molecule has 1 aromatic carbocycles. The third-order valence-corrected chi connectivity index (χ3v) is 7.70. The monoisotopic (exact) mass is 443 g/mol. The van der Waals surface area contributed by atoms with Gasteiger partial charge in [-0.2, -0.15) is 0 Å². The van der Waals surface area contributed by atoms with E-state index in [1.807, 2.05) is 19.1 Å². The zero-order valence-corrected chi connectivity index (χ0v) is 18.2. The highest BCUT2D eigenvalue weighted by Gasteiger charge is 2.25. The number of hydrogen-bond donors (Lipinski definition) is 2. The molecule has 3 rings (SSSR count). The fourth-order valence-corrected chi connectivity index (χ4v) is 5.49. The number of carbonyl (C=O) groups is 1. The number of nitrogens with zero attached hydrogens (tertiary/aromatic N) is 2. The van der Waals surface area contributed by atoms with Crippen LogP contribution in [0.5, 0.6) is 0 Å². The van der Waals surface area contributed by atoms with E-state index in [1.54, 1.807) is 41.3 Å². The largest absolute Gasteiger partial charge is 0.477 e. The van der Waals surface area contributed by atoms with Crippen LogP contribution in [0, 0.1) is 6.57 Å². The molecule has 3 aromatic rings. The van der Waals surface area contributed by atoms with E-state index in [-0.39, 0.29) is 16.4 Å². The van der Waals surface area contributed by atoms with Crippen molar-refractivity contribution < 1.29 is 18.3 Å². The average molecular weight is 444 g/mol. The van der Waals surface area contributed by atoms with Crippen LogP contribution >= 0.6 is 11.3 Å². The fraction of sp³-hybridized carbons (Fsp3) is 0.238. The molecule has 0 aliphatic heterocycles. The van der Waals surface area contributed by atoms with Gasteiger partial charge in [-0.05, 0) is 35.4 Å². The topological polar surface area (TPSA) is 92.8 Å². The Kier molecular flexibility index (Phi) is 6.41. The first-order valence-corrected chi connectivity index (χ1v) is 11.6. The Morgan fingerprint density at radius 1 is 1.27 bits per heavy atom. The smallest absolute Gasteiger partial charge is 0.351 e. The Balaban J connectivity index is 1.81. The summed E-state index contributed by atoms with van der Waals surface area (Å²) in [5.41, 5.74) is 3.10. The molecule has 0 spiro atoms. The van der Waals surface area contributed by atoms with Crippen molar-refractivity contribution in [3.05, 3.63) is 70.1 Å². The SMILES string of the molecule is [C-]#[N+]c1c(-c2ccc(CCNS(=O)(=O)c3cccs3)cc2)c(C(=O)O)n(C)c1CC. The van der Waals surface area contributed by atoms with E-state index in [1.165, 1.54) is 0 Å². The minimum atomic E-state index is -3.50. The van der Waals surface area contributed by atoms with Crippen LogP contribution in [-0.4, -0.2) is 30.6 Å². The predicted molar refractivity (Wildman–Crippen MR) is 117 cm³/mol. The Hall–Kier alpha value is -2.93. The van der Waals surface area contributed by atoms with Crippen molar-refractivity contribution in [3.63, 3.8) is 0 Å². The molecule has 30 heavy (non-hydrogen) atoms. The van der Waals surface area contributed by atoms with E-state index in [0.717, 1.165) is 16.9 Å². The van der Waals surface area contributed by atoms with Crippen molar-refractivity contribution in [3.8, 4) is 11.1 Å². The Labute approximate surface area is 179 Å². The van der Waals surface area contributed by atoms with Crippen molar-refractivity contribution in [1.82, 2.24) is 9.29 Å². The number of aromatic nitrogens is 1.